The first-order valence-electron chi connectivity index (χ1n) is 7.50. The van der Waals surface area contributed by atoms with Gasteiger partial charge in [0.15, 0.2) is 0 Å². The fourth-order valence-corrected chi connectivity index (χ4v) is 2.50. The number of nitrogens with one attached hydrogen (secondary N) is 2. The summed E-state index contributed by atoms with van der Waals surface area (Å²) in [6, 6.07) is 13.8. The van der Waals surface area contributed by atoms with Gasteiger partial charge in [-0.3, -0.25) is 10.1 Å². The number of methoxy groups -OCH3 is 1. The zero-order valence-corrected chi connectivity index (χ0v) is 14.4. The van der Waals surface area contributed by atoms with Crippen molar-refractivity contribution in [2.45, 2.75) is 0 Å². The van der Waals surface area contributed by atoms with Crippen LogP contribution in [0.4, 0.5) is 28.7 Å². The first-order valence-corrected chi connectivity index (χ1v) is 7.88. The molecule has 9 heteroatoms. The van der Waals surface area contributed by atoms with Crippen molar-refractivity contribution in [3.63, 3.8) is 0 Å². The standard InChI is InChI=1S/C17H14ClN5O3/c1-26-14-8-3-2-7-13(14)22-17-15(23(24)25)16(19-10-20-17)21-12-6-4-5-11(18)9-12/h2-10H,1H3,(H2,19,20,21,22). The molecule has 0 atom stereocenters. The second-order valence-corrected chi connectivity index (χ2v) is 5.57. The van der Waals surface area contributed by atoms with Crippen LogP contribution in [0.2, 0.25) is 5.02 Å². The van der Waals surface area contributed by atoms with Gasteiger partial charge < -0.3 is 15.4 Å². The molecule has 8 nitrogen and oxygen atoms in total. The number of anilines is 4. The van der Waals surface area contributed by atoms with E-state index in [0.29, 0.717) is 22.1 Å². The molecule has 3 aromatic rings. The quantitative estimate of drug-likeness (QED) is 0.484. The molecule has 132 valence electrons. The molecule has 3 rings (SSSR count). The Kier molecular flexibility index (Phi) is 5.14. The molecule has 26 heavy (non-hydrogen) atoms. The molecule has 0 radical (unpaired) electrons. The highest BCUT2D eigenvalue weighted by molar-refractivity contribution is 6.30. The monoisotopic (exact) mass is 371 g/mol. The molecule has 1 aromatic heterocycles. The first kappa shape index (κ1) is 17.4. The van der Waals surface area contributed by atoms with E-state index in [4.69, 9.17) is 16.3 Å². The maximum absolute atomic E-state index is 11.6. The Morgan fingerprint density at radius 2 is 1.81 bits per heavy atom. The largest absolute Gasteiger partial charge is 0.495 e. The third kappa shape index (κ3) is 3.81. The fraction of sp³-hybridized carbons (Fsp3) is 0.0588. The van der Waals surface area contributed by atoms with Crippen LogP contribution in [0.15, 0.2) is 54.9 Å². The third-order valence-corrected chi connectivity index (χ3v) is 3.69. The highest BCUT2D eigenvalue weighted by atomic mass is 35.5. The van der Waals surface area contributed by atoms with E-state index in [1.54, 1.807) is 48.5 Å². The average molecular weight is 372 g/mol. The molecule has 0 aliphatic rings. The second-order valence-electron chi connectivity index (χ2n) is 5.14. The second kappa shape index (κ2) is 7.66. The number of para-hydroxylation sites is 2. The lowest BCUT2D eigenvalue weighted by atomic mass is 10.3. The summed E-state index contributed by atoms with van der Waals surface area (Å²) < 4.78 is 5.25. The van der Waals surface area contributed by atoms with Gasteiger partial charge in [0.05, 0.1) is 17.7 Å². The van der Waals surface area contributed by atoms with Gasteiger partial charge in [0.25, 0.3) is 0 Å². The summed E-state index contributed by atoms with van der Waals surface area (Å²) in [6.45, 7) is 0. The van der Waals surface area contributed by atoms with Crippen molar-refractivity contribution in [1.82, 2.24) is 9.97 Å². The summed E-state index contributed by atoms with van der Waals surface area (Å²) in [5.41, 5.74) is 0.825. The van der Waals surface area contributed by atoms with Crippen molar-refractivity contribution in [2.75, 3.05) is 17.7 Å². The molecule has 0 fully saturated rings. The van der Waals surface area contributed by atoms with Crippen LogP contribution in [0.1, 0.15) is 0 Å². The summed E-state index contributed by atoms with van der Waals surface area (Å²) in [5, 5.41) is 18.0. The van der Waals surface area contributed by atoms with Crippen LogP contribution >= 0.6 is 11.6 Å². The highest BCUT2D eigenvalue weighted by Gasteiger charge is 2.24. The van der Waals surface area contributed by atoms with Crippen molar-refractivity contribution in [1.29, 1.82) is 0 Å². The van der Waals surface area contributed by atoms with Gasteiger partial charge in [0.2, 0.25) is 11.6 Å². The van der Waals surface area contributed by atoms with E-state index in [9.17, 15) is 10.1 Å². The van der Waals surface area contributed by atoms with Crippen LogP contribution in [0.3, 0.4) is 0 Å². The van der Waals surface area contributed by atoms with E-state index in [-0.39, 0.29) is 17.3 Å². The van der Waals surface area contributed by atoms with Crippen LogP contribution in [-0.2, 0) is 0 Å². The van der Waals surface area contributed by atoms with E-state index in [2.05, 4.69) is 20.6 Å². The van der Waals surface area contributed by atoms with Crippen LogP contribution in [0, 0.1) is 10.1 Å². The molecule has 0 aliphatic carbocycles. The number of rotatable bonds is 6. The minimum absolute atomic E-state index is 0.0408. The molecule has 1 heterocycles. The smallest absolute Gasteiger partial charge is 0.353 e. The van der Waals surface area contributed by atoms with Gasteiger partial charge in [0, 0.05) is 10.7 Å². The number of nitrogens with zero attached hydrogens (tertiary/aromatic N) is 3. The van der Waals surface area contributed by atoms with Crippen molar-refractivity contribution >= 4 is 40.3 Å². The number of halogens is 1. The Morgan fingerprint density at radius 1 is 1.08 bits per heavy atom. The minimum Gasteiger partial charge on any atom is -0.495 e. The van der Waals surface area contributed by atoms with E-state index in [1.165, 1.54) is 13.4 Å². The molecule has 2 aromatic carbocycles. The van der Waals surface area contributed by atoms with Crippen LogP contribution in [0.25, 0.3) is 0 Å². The topological polar surface area (TPSA) is 102 Å². The van der Waals surface area contributed by atoms with E-state index >= 15 is 0 Å². The molecule has 0 spiro atoms. The van der Waals surface area contributed by atoms with Crippen molar-refractivity contribution in [3.05, 3.63) is 70.0 Å². The molecule has 0 saturated heterocycles. The lowest BCUT2D eigenvalue weighted by Crippen LogP contribution is -2.06. The number of hydrogen-bond donors (Lipinski definition) is 2. The maximum Gasteiger partial charge on any atom is 0.353 e. The summed E-state index contributed by atoms with van der Waals surface area (Å²) >= 11 is 5.95. The zero-order valence-electron chi connectivity index (χ0n) is 13.6. The Bertz CT molecular complexity index is 951. The van der Waals surface area contributed by atoms with Gasteiger partial charge >= 0.3 is 5.69 Å². The molecule has 0 saturated carbocycles. The summed E-state index contributed by atoms with van der Waals surface area (Å²) in [6.07, 6.45) is 1.23. The zero-order chi connectivity index (χ0) is 18.5. The van der Waals surface area contributed by atoms with Gasteiger partial charge in [-0.05, 0) is 30.3 Å². The van der Waals surface area contributed by atoms with Gasteiger partial charge in [-0.25, -0.2) is 9.97 Å². The summed E-state index contributed by atoms with van der Waals surface area (Å²) in [7, 11) is 1.51. The van der Waals surface area contributed by atoms with Crippen molar-refractivity contribution in [3.8, 4) is 5.75 Å². The molecule has 0 bridgehead atoms. The summed E-state index contributed by atoms with van der Waals surface area (Å²) in [5.74, 6) is 0.619. The predicted octanol–water partition coefficient (Wildman–Crippen LogP) is 4.53. The van der Waals surface area contributed by atoms with Gasteiger partial charge in [-0.15, -0.1) is 0 Å². The van der Waals surface area contributed by atoms with E-state index < -0.39 is 4.92 Å². The molecule has 0 aliphatic heterocycles. The number of hydrogen-bond acceptors (Lipinski definition) is 7. The van der Waals surface area contributed by atoms with Gasteiger partial charge in [-0.2, -0.15) is 0 Å². The Morgan fingerprint density at radius 3 is 2.50 bits per heavy atom. The SMILES string of the molecule is COc1ccccc1Nc1ncnc(Nc2cccc(Cl)c2)c1[N+](=O)[O-]. The predicted molar refractivity (Wildman–Crippen MR) is 99.7 cm³/mol. The molecule has 0 unspecified atom stereocenters. The van der Waals surface area contributed by atoms with E-state index in [0.717, 1.165) is 0 Å². The Labute approximate surface area is 154 Å². The highest BCUT2D eigenvalue weighted by Crippen LogP contribution is 2.35. The van der Waals surface area contributed by atoms with Crippen molar-refractivity contribution in [2.24, 2.45) is 0 Å². The normalized spacial score (nSPS) is 10.2. The van der Waals surface area contributed by atoms with Gasteiger partial charge in [0.1, 0.15) is 12.1 Å². The number of nitro groups is 1. The van der Waals surface area contributed by atoms with Crippen LogP contribution in [-0.4, -0.2) is 22.0 Å². The molecular formula is C17H14ClN5O3. The molecular weight excluding hydrogens is 358 g/mol. The minimum atomic E-state index is -0.551. The Hall–Kier alpha value is -3.39. The van der Waals surface area contributed by atoms with E-state index in [1.807, 2.05) is 0 Å². The van der Waals surface area contributed by atoms with Crippen LogP contribution < -0.4 is 15.4 Å². The lowest BCUT2D eigenvalue weighted by Gasteiger charge is -2.12. The van der Waals surface area contributed by atoms with Gasteiger partial charge in [-0.1, -0.05) is 29.8 Å². The number of aromatic nitrogens is 2. The maximum atomic E-state index is 11.6. The van der Waals surface area contributed by atoms with Crippen LogP contribution in [0.5, 0.6) is 5.75 Å². The lowest BCUT2D eigenvalue weighted by molar-refractivity contribution is -0.383. The molecule has 2 N–H and O–H groups in total. The average Bonchev–Trinajstić information content (AvgIpc) is 2.62. The molecule has 0 amide bonds. The third-order valence-electron chi connectivity index (χ3n) is 3.45. The first-order chi connectivity index (χ1) is 12.6. The summed E-state index contributed by atoms with van der Waals surface area (Å²) in [4.78, 5) is 19.1. The Balaban J connectivity index is 2.00. The number of benzene rings is 2. The fourth-order valence-electron chi connectivity index (χ4n) is 2.31. The van der Waals surface area contributed by atoms with Crippen molar-refractivity contribution < 1.29 is 9.66 Å². The number of ether oxygens (including phenoxy) is 1.